The van der Waals surface area contributed by atoms with Gasteiger partial charge in [0.1, 0.15) is 5.15 Å². The SMILES string of the molecule is Cn1cnc(S(=O)(=O)NCCC2CCC2)c1Cl. The second-order valence-corrected chi connectivity index (χ2v) is 6.48. The third-order valence-electron chi connectivity index (χ3n) is 3.16. The third kappa shape index (κ3) is 2.81. The van der Waals surface area contributed by atoms with E-state index < -0.39 is 10.0 Å². The van der Waals surface area contributed by atoms with E-state index in [1.165, 1.54) is 30.2 Å². The first-order valence-electron chi connectivity index (χ1n) is 5.67. The van der Waals surface area contributed by atoms with Gasteiger partial charge in [-0.25, -0.2) is 18.1 Å². The maximum absolute atomic E-state index is 11.9. The van der Waals surface area contributed by atoms with Crippen molar-refractivity contribution in [1.82, 2.24) is 14.3 Å². The molecule has 17 heavy (non-hydrogen) atoms. The Morgan fingerprint density at radius 3 is 2.76 bits per heavy atom. The molecule has 1 aliphatic carbocycles. The average Bonchev–Trinajstić information content (AvgIpc) is 2.52. The second kappa shape index (κ2) is 4.96. The zero-order valence-electron chi connectivity index (χ0n) is 9.69. The van der Waals surface area contributed by atoms with Crippen molar-refractivity contribution in [1.29, 1.82) is 0 Å². The number of hydrogen-bond donors (Lipinski definition) is 1. The highest BCUT2D eigenvalue weighted by Crippen LogP contribution is 2.29. The molecule has 2 rings (SSSR count). The van der Waals surface area contributed by atoms with Gasteiger partial charge in [-0.05, 0) is 12.3 Å². The zero-order valence-corrected chi connectivity index (χ0v) is 11.3. The van der Waals surface area contributed by atoms with Crippen LogP contribution in [0.15, 0.2) is 11.4 Å². The van der Waals surface area contributed by atoms with Crippen molar-refractivity contribution in [2.24, 2.45) is 13.0 Å². The van der Waals surface area contributed by atoms with Gasteiger partial charge in [0.15, 0.2) is 0 Å². The van der Waals surface area contributed by atoms with Crippen LogP contribution in [0.1, 0.15) is 25.7 Å². The van der Waals surface area contributed by atoms with Crippen LogP contribution in [-0.4, -0.2) is 24.5 Å². The van der Waals surface area contributed by atoms with E-state index in [0.29, 0.717) is 12.5 Å². The summed E-state index contributed by atoms with van der Waals surface area (Å²) in [5.74, 6) is 0.678. The summed E-state index contributed by atoms with van der Waals surface area (Å²) < 4.78 is 27.8. The van der Waals surface area contributed by atoms with E-state index >= 15 is 0 Å². The highest BCUT2D eigenvalue weighted by atomic mass is 35.5. The molecule has 0 aliphatic heterocycles. The average molecular weight is 278 g/mol. The van der Waals surface area contributed by atoms with Crippen LogP contribution in [0.4, 0.5) is 0 Å². The molecule has 1 aromatic rings. The largest absolute Gasteiger partial charge is 0.324 e. The zero-order chi connectivity index (χ0) is 12.5. The Morgan fingerprint density at radius 2 is 2.29 bits per heavy atom. The maximum atomic E-state index is 11.9. The fourth-order valence-corrected chi connectivity index (χ4v) is 3.29. The molecule has 5 nitrogen and oxygen atoms in total. The minimum Gasteiger partial charge on any atom is -0.324 e. The summed E-state index contributed by atoms with van der Waals surface area (Å²) in [6, 6.07) is 0. The van der Waals surface area contributed by atoms with Gasteiger partial charge in [0.05, 0.1) is 6.33 Å². The minimum absolute atomic E-state index is 0.0877. The summed E-state index contributed by atoms with van der Waals surface area (Å²) in [6.07, 6.45) is 5.98. The van der Waals surface area contributed by atoms with Gasteiger partial charge < -0.3 is 4.57 Å². The lowest BCUT2D eigenvalue weighted by atomic mass is 9.83. The number of sulfonamides is 1. The Bertz CT molecular complexity index is 494. The van der Waals surface area contributed by atoms with Crippen LogP contribution in [-0.2, 0) is 17.1 Å². The highest BCUT2D eigenvalue weighted by molar-refractivity contribution is 7.89. The second-order valence-electron chi connectivity index (χ2n) is 4.43. The normalized spacial score (nSPS) is 17.1. The number of nitrogens with one attached hydrogen (secondary N) is 1. The Kier molecular flexibility index (Phi) is 3.75. The van der Waals surface area contributed by atoms with Crippen LogP contribution in [0, 0.1) is 5.92 Å². The van der Waals surface area contributed by atoms with E-state index in [2.05, 4.69) is 9.71 Å². The van der Waals surface area contributed by atoms with Crippen molar-refractivity contribution in [2.45, 2.75) is 30.7 Å². The molecule has 0 bridgehead atoms. The van der Waals surface area contributed by atoms with Gasteiger partial charge in [0.25, 0.3) is 10.0 Å². The standard InChI is InChI=1S/C10H16ClN3O2S/c1-14-7-12-10(9(14)11)17(15,16)13-6-5-8-3-2-4-8/h7-8,13H,2-6H2,1H3. The summed E-state index contributed by atoms with van der Waals surface area (Å²) in [6.45, 7) is 0.458. The number of halogens is 1. The molecule has 0 aromatic carbocycles. The summed E-state index contributed by atoms with van der Waals surface area (Å²) in [5.41, 5.74) is 0. The Hall–Kier alpha value is -0.590. The number of aromatic nitrogens is 2. The fourth-order valence-electron chi connectivity index (χ4n) is 1.82. The van der Waals surface area contributed by atoms with Crippen molar-refractivity contribution >= 4 is 21.6 Å². The van der Waals surface area contributed by atoms with Crippen LogP contribution < -0.4 is 4.72 Å². The van der Waals surface area contributed by atoms with Gasteiger partial charge in [0.2, 0.25) is 5.03 Å². The quantitative estimate of drug-likeness (QED) is 0.888. The lowest BCUT2D eigenvalue weighted by molar-refractivity contribution is 0.297. The Morgan fingerprint density at radius 1 is 1.59 bits per heavy atom. The molecule has 1 N–H and O–H groups in total. The van der Waals surface area contributed by atoms with Gasteiger partial charge in [-0.15, -0.1) is 0 Å². The summed E-state index contributed by atoms with van der Waals surface area (Å²) in [5, 5.41) is 0.0522. The molecular formula is C10H16ClN3O2S. The van der Waals surface area contributed by atoms with E-state index in [1.54, 1.807) is 7.05 Å². The summed E-state index contributed by atoms with van der Waals surface area (Å²) in [7, 11) is -1.91. The van der Waals surface area contributed by atoms with Crippen LogP contribution in [0.5, 0.6) is 0 Å². The molecule has 1 fully saturated rings. The molecule has 0 unspecified atom stereocenters. The predicted molar refractivity (Wildman–Crippen MR) is 65.4 cm³/mol. The van der Waals surface area contributed by atoms with E-state index in [-0.39, 0.29) is 10.2 Å². The smallest absolute Gasteiger partial charge is 0.261 e. The number of hydrogen-bond acceptors (Lipinski definition) is 3. The van der Waals surface area contributed by atoms with Crippen LogP contribution in [0.25, 0.3) is 0 Å². The topological polar surface area (TPSA) is 64.0 Å². The molecule has 7 heteroatoms. The fraction of sp³-hybridized carbons (Fsp3) is 0.700. The molecule has 1 saturated carbocycles. The van der Waals surface area contributed by atoms with E-state index in [0.717, 1.165) is 6.42 Å². The molecule has 0 amide bonds. The Labute approximate surface area is 106 Å². The minimum atomic E-state index is -3.56. The van der Waals surface area contributed by atoms with Crippen molar-refractivity contribution in [3.05, 3.63) is 11.5 Å². The first kappa shape index (κ1) is 12.9. The first-order valence-corrected chi connectivity index (χ1v) is 7.53. The van der Waals surface area contributed by atoms with Crippen LogP contribution in [0.2, 0.25) is 5.15 Å². The monoisotopic (exact) mass is 277 g/mol. The van der Waals surface area contributed by atoms with Gasteiger partial charge >= 0.3 is 0 Å². The number of imidazole rings is 1. The third-order valence-corrected chi connectivity index (χ3v) is 5.11. The van der Waals surface area contributed by atoms with Gasteiger partial charge in [-0.2, -0.15) is 0 Å². The summed E-state index contributed by atoms with van der Waals surface area (Å²) in [4.78, 5) is 3.80. The predicted octanol–water partition coefficient (Wildman–Crippen LogP) is 1.54. The number of aryl methyl sites for hydroxylation is 1. The number of rotatable bonds is 5. The molecule has 0 saturated heterocycles. The van der Waals surface area contributed by atoms with Crippen LogP contribution >= 0.6 is 11.6 Å². The molecule has 1 heterocycles. The van der Waals surface area contributed by atoms with Crippen molar-refractivity contribution in [2.75, 3.05) is 6.54 Å². The van der Waals surface area contributed by atoms with Gasteiger partial charge in [-0.3, -0.25) is 0 Å². The molecule has 1 aliphatic rings. The van der Waals surface area contributed by atoms with E-state index in [9.17, 15) is 8.42 Å². The van der Waals surface area contributed by atoms with E-state index in [1.807, 2.05) is 0 Å². The van der Waals surface area contributed by atoms with Crippen LogP contribution in [0.3, 0.4) is 0 Å². The molecule has 1 aromatic heterocycles. The van der Waals surface area contributed by atoms with Gasteiger partial charge in [0, 0.05) is 13.6 Å². The van der Waals surface area contributed by atoms with Crippen molar-refractivity contribution in [3.8, 4) is 0 Å². The maximum Gasteiger partial charge on any atom is 0.261 e. The molecule has 0 radical (unpaired) electrons. The molecule has 96 valence electrons. The summed E-state index contributed by atoms with van der Waals surface area (Å²) >= 11 is 5.85. The Balaban J connectivity index is 1.96. The van der Waals surface area contributed by atoms with Gasteiger partial charge in [-0.1, -0.05) is 30.9 Å². The lowest BCUT2D eigenvalue weighted by Gasteiger charge is -2.24. The molecule has 0 spiro atoms. The van der Waals surface area contributed by atoms with Crippen molar-refractivity contribution < 1.29 is 8.42 Å². The van der Waals surface area contributed by atoms with Crippen molar-refractivity contribution in [3.63, 3.8) is 0 Å². The lowest BCUT2D eigenvalue weighted by Crippen LogP contribution is -2.28. The highest BCUT2D eigenvalue weighted by Gasteiger charge is 2.23. The number of nitrogens with zero attached hydrogens (tertiary/aromatic N) is 2. The molecule has 0 atom stereocenters. The van der Waals surface area contributed by atoms with E-state index in [4.69, 9.17) is 11.6 Å². The molecular weight excluding hydrogens is 262 g/mol. The first-order chi connectivity index (χ1) is 8.00.